The molecule has 6 nitrogen and oxygen atoms in total. The van der Waals surface area contributed by atoms with Crippen LogP contribution < -0.4 is 9.64 Å². The number of carbonyl (C=O) groups excluding carboxylic acids is 1. The first-order chi connectivity index (χ1) is 10.7. The zero-order chi connectivity index (χ0) is 15.5. The number of H-pyrrole nitrogens is 1. The van der Waals surface area contributed by atoms with Crippen LogP contribution >= 0.6 is 0 Å². The van der Waals surface area contributed by atoms with E-state index < -0.39 is 0 Å². The summed E-state index contributed by atoms with van der Waals surface area (Å²) in [6, 6.07) is 7.43. The molecule has 1 unspecified atom stereocenters. The Morgan fingerprint density at radius 1 is 1.50 bits per heavy atom. The van der Waals surface area contributed by atoms with Gasteiger partial charge in [0.1, 0.15) is 12.4 Å². The number of carbonyl (C=O) groups is 1. The molecule has 114 valence electrons. The van der Waals surface area contributed by atoms with Gasteiger partial charge in [-0.25, -0.2) is 0 Å². The average molecular weight is 298 g/mol. The third kappa shape index (κ3) is 2.72. The molecule has 0 aliphatic carbocycles. The zero-order valence-corrected chi connectivity index (χ0v) is 12.4. The molecule has 0 saturated heterocycles. The van der Waals surface area contributed by atoms with Crippen molar-refractivity contribution in [1.82, 2.24) is 10.2 Å². The number of hydrogen-bond acceptors (Lipinski definition) is 4. The van der Waals surface area contributed by atoms with E-state index in [0.717, 1.165) is 11.3 Å². The van der Waals surface area contributed by atoms with Gasteiger partial charge < -0.3 is 9.64 Å². The van der Waals surface area contributed by atoms with E-state index >= 15 is 0 Å². The Morgan fingerprint density at radius 3 is 3.09 bits per heavy atom. The Kier molecular flexibility index (Phi) is 3.91. The van der Waals surface area contributed by atoms with E-state index in [9.17, 15) is 4.79 Å². The van der Waals surface area contributed by atoms with Gasteiger partial charge in [-0.05, 0) is 23.6 Å². The summed E-state index contributed by atoms with van der Waals surface area (Å²) in [5, 5.41) is 14.8. The summed E-state index contributed by atoms with van der Waals surface area (Å²) < 4.78 is 5.55. The lowest BCUT2D eigenvalue weighted by Crippen LogP contribution is -2.41. The molecule has 1 aromatic heterocycles. The van der Waals surface area contributed by atoms with Crippen molar-refractivity contribution < 1.29 is 9.53 Å². The average Bonchev–Trinajstić information content (AvgIpc) is 3.08. The largest absolute Gasteiger partial charge is 0.490 e. The summed E-state index contributed by atoms with van der Waals surface area (Å²) in [4.78, 5) is 14.2. The molecular formula is C16H18N4O2. The van der Waals surface area contributed by atoms with Crippen LogP contribution in [0.2, 0.25) is 0 Å². The highest BCUT2D eigenvalue weighted by atomic mass is 16.5. The maximum absolute atomic E-state index is 12.6. The summed E-state index contributed by atoms with van der Waals surface area (Å²) >= 11 is 0. The van der Waals surface area contributed by atoms with Crippen LogP contribution in [0, 0.1) is 5.41 Å². The quantitative estimate of drug-likeness (QED) is 0.850. The number of nitrogens with zero attached hydrogens (tertiary/aromatic N) is 2. The molecule has 2 N–H and O–H groups in total. The van der Waals surface area contributed by atoms with Crippen molar-refractivity contribution in [3.8, 4) is 5.75 Å². The smallest absolute Gasteiger partial charge is 0.272 e. The number of rotatable bonds is 4. The maximum atomic E-state index is 12.6. The fourth-order valence-corrected chi connectivity index (χ4v) is 2.59. The van der Waals surface area contributed by atoms with Crippen molar-refractivity contribution in [3.63, 3.8) is 0 Å². The SMILES string of the molecule is CC(CC(=N)C(=O)N1CCOc2ccccc21)c1cn[nH]c1. The summed E-state index contributed by atoms with van der Waals surface area (Å²) in [6.07, 6.45) is 3.91. The number of anilines is 1. The van der Waals surface area contributed by atoms with Gasteiger partial charge in [0.05, 0.1) is 24.1 Å². The molecule has 1 aliphatic heterocycles. The van der Waals surface area contributed by atoms with Crippen molar-refractivity contribution in [2.75, 3.05) is 18.1 Å². The standard InChI is InChI=1S/C16H18N4O2/c1-11(12-9-18-19-10-12)8-13(17)16(21)20-6-7-22-15-5-3-2-4-14(15)20/h2-5,9-11,17H,6-8H2,1H3,(H,18,19). The number of aromatic nitrogens is 2. The molecule has 2 heterocycles. The molecule has 1 amide bonds. The van der Waals surface area contributed by atoms with Crippen LogP contribution in [-0.4, -0.2) is 35.0 Å². The molecule has 0 spiro atoms. The number of ether oxygens (including phenoxy) is 1. The van der Waals surface area contributed by atoms with E-state index in [1.54, 1.807) is 17.3 Å². The van der Waals surface area contributed by atoms with Crippen LogP contribution in [-0.2, 0) is 4.79 Å². The lowest BCUT2D eigenvalue weighted by atomic mass is 9.97. The van der Waals surface area contributed by atoms with E-state index in [4.69, 9.17) is 10.1 Å². The molecule has 3 rings (SSSR count). The van der Waals surface area contributed by atoms with Gasteiger partial charge in [-0.15, -0.1) is 0 Å². The monoisotopic (exact) mass is 298 g/mol. The number of nitrogens with one attached hydrogen (secondary N) is 2. The minimum Gasteiger partial charge on any atom is -0.490 e. The van der Waals surface area contributed by atoms with Gasteiger partial charge in [-0.1, -0.05) is 19.1 Å². The molecule has 0 saturated carbocycles. The molecule has 22 heavy (non-hydrogen) atoms. The van der Waals surface area contributed by atoms with E-state index in [2.05, 4.69) is 10.2 Å². The third-order valence-corrected chi connectivity index (χ3v) is 3.83. The topological polar surface area (TPSA) is 82.1 Å². The lowest BCUT2D eigenvalue weighted by molar-refractivity contribution is -0.113. The molecule has 2 aromatic rings. The summed E-state index contributed by atoms with van der Waals surface area (Å²) in [5.41, 5.74) is 1.84. The maximum Gasteiger partial charge on any atom is 0.272 e. The number of fused-ring (bicyclic) bond motifs is 1. The van der Waals surface area contributed by atoms with Gasteiger partial charge in [0.2, 0.25) is 0 Å². The fourth-order valence-electron chi connectivity index (χ4n) is 2.59. The van der Waals surface area contributed by atoms with Gasteiger partial charge in [0.25, 0.3) is 5.91 Å². The predicted molar refractivity (Wildman–Crippen MR) is 83.6 cm³/mol. The molecule has 0 radical (unpaired) electrons. The molecule has 1 atom stereocenters. The Balaban J connectivity index is 1.73. The van der Waals surface area contributed by atoms with Gasteiger partial charge in [0, 0.05) is 12.6 Å². The highest BCUT2D eigenvalue weighted by molar-refractivity contribution is 6.42. The van der Waals surface area contributed by atoms with E-state index in [0.29, 0.717) is 25.3 Å². The molecule has 0 fully saturated rings. The molecule has 1 aliphatic rings. The van der Waals surface area contributed by atoms with Gasteiger partial charge in [-0.2, -0.15) is 5.10 Å². The number of aromatic amines is 1. The predicted octanol–water partition coefficient (Wildman–Crippen LogP) is 2.35. The van der Waals surface area contributed by atoms with Crippen LogP contribution in [0.5, 0.6) is 5.75 Å². The Bertz CT molecular complexity index is 681. The molecule has 1 aromatic carbocycles. The number of hydrogen-bond donors (Lipinski definition) is 2. The first-order valence-corrected chi connectivity index (χ1v) is 7.26. The van der Waals surface area contributed by atoms with Crippen molar-refractivity contribution in [3.05, 3.63) is 42.2 Å². The van der Waals surface area contributed by atoms with Crippen LogP contribution in [0.1, 0.15) is 24.8 Å². The first-order valence-electron chi connectivity index (χ1n) is 7.26. The number of benzene rings is 1. The zero-order valence-electron chi connectivity index (χ0n) is 12.4. The highest BCUT2D eigenvalue weighted by Gasteiger charge is 2.26. The second-order valence-electron chi connectivity index (χ2n) is 5.39. The van der Waals surface area contributed by atoms with E-state index in [1.807, 2.05) is 31.2 Å². The second-order valence-corrected chi connectivity index (χ2v) is 5.39. The highest BCUT2D eigenvalue weighted by Crippen LogP contribution is 2.31. The van der Waals surface area contributed by atoms with Gasteiger partial charge in [-0.3, -0.25) is 15.3 Å². The summed E-state index contributed by atoms with van der Waals surface area (Å²) in [5.74, 6) is 0.510. The minimum atomic E-state index is -0.258. The molecule has 6 heteroatoms. The fraction of sp³-hybridized carbons (Fsp3) is 0.312. The van der Waals surface area contributed by atoms with E-state index in [-0.39, 0.29) is 17.5 Å². The number of para-hydroxylation sites is 2. The minimum absolute atomic E-state index is 0.0754. The van der Waals surface area contributed by atoms with Crippen molar-refractivity contribution in [2.45, 2.75) is 19.3 Å². The van der Waals surface area contributed by atoms with Crippen molar-refractivity contribution >= 4 is 17.3 Å². The lowest BCUT2D eigenvalue weighted by Gasteiger charge is -2.29. The van der Waals surface area contributed by atoms with Gasteiger partial charge in [0.15, 0.2) is 0 Å². The van der Waals surface area contributed by atoms with E-state index in [1.165, 1.54) is 0 Å². The van der Waals surface area contributed by atoms with Crippen molar-refractivity contribution in [2.24, 2.45) is 0 Å². The summed E-state index contributed by atoms with van der Waals surface area (Å²) in [6.45, 7) is 2.91. The van der Waals surface area contributed by atoms with Crippen LogP contribution in [0.3, 0.4) is 0 Å². The first kappa shape index (κ1) is 14.3. The Hall–Kier alpha value is -2.63. The molecule has 0 bridgehead atoms. The number of amides is 1. The van der Waals surface area contributed by atoms with Crippen LogP contribution in [0.25, 0.3) is 0 Å². The second kappa shape index (κ2) is 6.01. The van der Waals surface area contributed by atoms with Crippen LogP contribution in [0.15, 0.2) is 36.7 Å². The third-order valence-electron chi connectivity index (χ3n) is 3.83. The summed E-state index contributed by atoms with van der Waals surface area (Å²) in [7, 11) is 0. The van der Waals surface area contributed by atoms with Crippen molar-refractivity contribution in [1.29, 1.82) is 5.41 Å². The van der Waals surface area contributed by atoms with Gasteiger partial charge >= 0.3 is 0 Å². The Morgan fingerprint density at radius 2 is 2.32 bits per heavy atom. The van der Waals surface area contributed by atoms with Crippen LogP contribution in [0.4, 0.5) is 5.69 Å². The molecular weight excluding hydrogens is 280 g/mol. The Labute approximate surface area is 128 Å². The normalized spacial score (nSPS) is 14.9.